The highest BCUT2D eigenvalue weighted by Gasteiger charge is 2.47. The number of carboxylic acid groups (broad SMARTS) is 1. The van der Waals surface area contributed by atoms with Crippen LogP contribution < -0.4 is 0 Å². The number of hydrogen-bond donors (Lipinski definition) is 1. The van der Waals surface area contributed by atoms with Crippen molar-refractivity contribution in [3.63, 3.8) is 0 Å². The number of carboxylic acids is 1. The summed E-state index contributed by atoms with van der Waals surface area (Å²) in [5, 5.41) is 14.0. The van der Waals surface area contributed by atoms with Crippen molar-refractivity contribution >= 4 is 11.9 Å². The first kappa shape index (κ1) is 20.0. The fourth-order valence-corrected chi connectivity index (χ4v) is 3.70. The number of ether oxygens (including phenoxy) is 1. The van der Waals surface area contributed by atoms with Crippen molar-refractivity contribution in [1.82, 2.24) is 19.7 Å². The van der Waals surface area contributed by atoms with Crippen molar-refractivity contribution in [3.05, 3.63) is 41.5 Å². The van der Waals surface area contributed by atoms with Gasteiger partial charge >= 0.3 is 5.97 Å². The molecule has 1 N–H and O–H groups in total. The molecule has 1 saturated heterocycles. The third-order valence-electron chi connectivity index (χ3n) is 5.26. The van der Waals surface area contributed by atoms with Crippen LogP contribution in [0.25, 0.3) is 5.69 Å². The predicted molar refractivity (Wildman–Crippen MR) is 103 cm³/mol. The smallest absolute Gasteiger partial charge is 0.313 e. The van der Waals surface area contributed by atoms with Crippen molar-refractivity contribution in [2.24, 2.45) is 5.41 Å². The van der Waals surface area contributed by atoms with Gasteiger partial charge in [0.05, 0.1) is 12.3 Å². The lowest BCUT2D eigenvalue weighted by atomic mass is 9.88. The van der Waals surface area contributed by atoms with Crippen LogP contribution in [-0.2, 0) is 9.53 Å². The molecule has 0 spiro atoms. The molecule has 0 saturated carbocycles. The topological polar surface area (TPSA) is 97.5 Å². The maximum Gasteiger partial charge on any atom is 0.313 e. The standard InChI is InChI=1S/C20H26N4O4/c1-13(2)15-7-5-6-8-16(15)24-14(3)21-17(22-24)18(25)23-10-9-20(11-23,12-28-4)19(26)27/h5-8,13H,9-12H2,1-4H3,(H,26,27). The minimum Gasteiger partial charge on any atom is -0.481 e. The van der Waals surface area contributed by atoms with Crippen molar-refractivity contribution in [2.75, 3.05) is 26.8 Å². The molecule has 28 heavy (non-hydrogen) atoms. The molecule has 150 valence electrons. The third-order valence-corrected chi connectivity index (χ3v) is 5.26. The van der Waals surface area contributed by atoms with Crippen LogP contribution in [0.1, 0.15) is 48.2 Å². The lowest BCUT2D eigenvalue weighted by Crippen LogP contribution is -2.40. The summed E-state index contributed by atoms with van der Waals surface area (Å²) < 4.78 is 6.77. The van der Waals surface area contributed by atoms with E-state index in [0.29, 0.717) is 24.7 Å². The second-order valence-electron chi connectivity index (χ2n) is 7.60. The number of carbonyl (C=O) groups excluding carboxylic acids is 1. The molecule has 1 unspecified atom stereocenters. The summed E-state index contributed by atoms with van der Waals surface area (Å²) in [7, 11) is 1.47. The minimum atomic E-state index is -1.08. The fourth-order valence-electron chi connectivity index (χ4n) is 3.70. The van der Waals surface area contributed by atoms with Gasteiger partial charge in [0.1, 0.15) is 11.2 Å². The van der Waals surface area contributed by atoms with Crippen LogP contribution in [0.2, 0.25) is 0 Å². The maximum absolute atomic E-state index is 12.9. The van der Waals surface area contributed by atoms with Gasteiger partial charge in [-0.1, -0.05) is 32.0 Å². The van der Waals surface area contributed by atoms with Crippen molar-refractivity contribution < 1.29 is 19.4 Å². The molecule has 0 aliphatic carbocycles. The number of para-hydroxylation sites is 1. The Balaban J connectivity index is 1.88. The van der Waals surface area contributed by atoms with E-state index in [1.165, 1.54) is 12.0 Å². The SMILES string of the molecule is COCC1(C(=O)O)CCN(C(=O)c2nc(C)n(-c3ccccc3C(C)C)n2)C1. The van der Waals surface area contributed by atoms with E-state index in [0.717, 1.165) is 11.3 Å². The Morgan fingerprint density at radius 3 is 2.68 bits per heavy atom. The van der Waals surface area contributed by atoms with Crippen LogP contribution in [0.15, 0.2) is 24.3 Å². The van der Waals surface area contributed by atoms with Gasteiger partial charge in [-0.15, -0.1) is 5.10 Å². The van der Waals surface area contributed by atoms with E-state index < -0.39 is 11.4 Å². The van der Waals surface area contributed by atoms with Gasteiger partial charge in [-0.25, -0.2) is 9.67 Å². The molecule has 0 bridgehead atoms. The summed E-state index contributed by atoms with van der Waals surface area (Å²) >= 11 is 0. The average molecular weight is 386 g/mol. The molecular formula is C20H26N4O4. The molecule has 1 aromatic heterocycles. The average Bonchev–Trinajstić information content (AvgIpc) is 3.26. The number of hydrogen-bond acceptors (Lipinski definition) is 5. The lowest BCUT2D eigenvalue weighted by molar-refractivity contribution is -0.151. The molecule has 8 heteroatoms. The van der Waals surface area contributed by atoms with Gasteiger partial charge in [-0.2, -0.15) is 0 Å². The van der Waals surface area contributed by atoms with E-state index in [4.69, 9.17) is 4.74 Å². The quantitative estimate of drug-likeness (QED) is 0.818. The number of amides is 1. The summed E-state index contributed by atoms with van der Waals surface area (Å²) in [5.41, 5.74) is 0.926. The Hall–Kier alpha value is -2.74. The van der Waals surface area contributed by atoms with Gasteiger partial charge in [0, 0.05) is 20.2 Å². The molecule has 2 aromatic rings. The van der Waals surface area contributed by atoms with Gasteiger partial charge in [0.2, 0.25) is 5.82 Å². The summed E-state index contributed by atoms with van der Waals surface area (Å²) in [5.74, 6) is -0.331. The van der Waals surface area contributed by atoms with Gasteiger partial charge in [-0.05, 0) is 30.9 Å². The Labute approximate surface area is 164 Å². The Bertz CT molecular complexity index is 892. The fraction of sp³-hybridized carbons (Fsp3) is 0.500. The number of aliphatic carboxylic acids is 1. The number of carbonyl (C=O) groups is 2. The molecule has 3 rings (SSSR count). The van der Waals surface area contributed by atoms with Gasteiger partial charge in [0.15, 0.2) is 0 Å². The summed E-state index contributed by atoms with van der Waals surface area (Å²) in [6.45, 7) is 6.49. The molecule has 1 atom stereocenters. The Kier molecular flexibility index (Phi) is 5.51. The molecular weight excluding hydrogens is 360 g/mol. The number of methoxy groups -OCH3 is 1. The third kappa shape index (κ3) is 3.52. The second-order valence-corrected chi connectivity index (χ2v) is 7.60. The van der Waals surface area contributed by atoms with E-state index in [1.54, 1.807) is 11.6 Å². The first-order valence-electron chi connectivity index (χ1n) is 9.33. The Morgan fingerprint density at radius 2 is 2.04 bits per heavy atom. The normalized spacial score (nSPS) is 19.4. The largest absolute Gasteiger partial charge is 0.481 e. The highest BCUT2D eigenvalue weighted by Crippen LogP contribution is 2.32. The second kappa shape index (κ2) is 7.71. The number of aromatic nitrogens is 3. The van der Waals surface area contributed by atoms with Crippen LogP contribution in [0, 0.1) is 12.3 Å². The van der Waals surface area contributed by atoms with Crippen LogP contribution in [0.5, 0.6) is 0 Å². The number of nitrogens with zero attached hydrogens (tertiary/aromatic N) is 4. The maximum atomic E-state index is 12.9. The zero-order chi connectivity index (χ0) is 20.5. The molecule has 0 radical (unpaired) electrons. The highest BCUT2D eigenvalue weighted by atomic mass is 16.5. The molecule has 1 fully saturated rings. The lowest BCUT2D eigenvalue weighted by Gasteiger charge is -2.23. The zero-order valence-corrected chi connectivity index (χ0v) is 16.7. The van der Waals surface area contributed by atoms with E-state index >= 15 is 0 Å². The first-order valence-corrected chi connectivity index (χ1v) is 9.33. The predicted octanol–water partition coefficient (Wildman–Crippen LogP) is 2.26. The van der Waals surface area contributed by atoms with E-state index in [9.17, 15) is 14.7 Å². The molecule has 1 aromatic carbocycles. The highest BCUT2D eigenvalue weighted by molar-refractivity contribution is 5.91. The number of benzene rings is 1. The van der Waals surface area contributed by atoms with Crippen LogP contribution in [0.3, 0.4) is 0 Å². The van der Waals surface area contributed by atoms with E-state index in [-0.39, 0.29) is 24.9 Å². The van der Waals surface area contributed by atoms with Gasteiger partial charge < -0.3 is 14.7 Å². The monoisotopic (exact) mass is 386 g/mol. The first-order chi connectivity index (χ1) is 13.3. The molecule has 1 amide bonds. The van der Waals surface area contributed by atoms with E-state index in [2.05, 4.69) is 23.9 Å². The zero-order valence-electron chi connectivity index (χ0n) is 16.7. The van der Waals surface area contributed by atoms with E-state index in [1.807, 2.05) is 24.3 Å². The van der Waals surface area contributed by atoms with Crippen molar-refractivity contribution in [3.8, 4) is 5.69 Å². The summed E-state index contributed by atoms with van der Waals surface area (Å²) in [6, 6.07) is 7.89. The number of likely N-dealkylation sites (tertiary alicyclic amines) is 1. The number of rotatable bonds is 6. The molecule has 1 aliphatic heterocycles. The Morgan fingerprint density at radius 1 is 1.32 bits per heavy atom. The van der Waals surface area contributed by atoms with Crippen LogP contribution >= 0.6 is 0 Å². The molecule has 8 nitrogen and oxygen atoms in total. The van der Waals surface area contributed by atoms with Gasteiger partial charge in [0.25, 0.3) is 5.91 Å². The van der Waals surface area contributed by atoms with Crippen LogP contribution in [-0.4, -0.2) is 63.5 Å². The van der Waals surface area contributed by atoms with Crippen LogP contribution in [0.4, 0.5) is 0 Å². The van der Waals surface area contributed by atoms with Gasteiger partial charge in [-0.3, -0.25) is 9.59 Å². The molecule has 1 aliphatic rings. The minimum absolute atomic E-state index is 0.0643. The molecule has 2 heterocycles. The summed E-state index contributed by atoms with van der Waals surface area (Å²) in [4.78, 5) is 30.5. The summed E-state index contributed by atoms with van der Waals surface area (Å²) in [6.07, 6.45) is 0.345. The van der Waals surface area contributed by atoms with Crippen molar-refractivity contribution in [1.29, 1.82) is 0 Å². The van der Waals surface area contributed by atoms with Crippen molar-refractivity contribution in [2.45, 2.75) is 33.1 Å². The number of aryl methyl sites for hydroxylation is 1.